The van der Waals surface area contributed by atoms with Crippen molar-refractivity contribution in [3.8, 4) is 5.75 Å². The number of sulfonamides is 1. The van der Waals surface area contributed by atoms with Gasteiger partial charge in [-0.15, -0.1) is 0 Å². The minimum Gasteiger partial charge on any atom is -0.484 e. The fraction of sp³-hybridized carbons (Fsp3) is 0.412. The number of aromatic nitrogens is 1. The lowest BCUT2D eigenvalue weighted by Gasteiger charge is -2.22. The van der Waals surface area contributed by atoms with Gasteiger partial charge in [-0.25, -0.2) is 34.8 Å². The fourth-order valence-electron chi connectivity index (χ4n) is 3.15. The summed E-state index contributed by atoms with van der Waals surface area (Å²) in [6.45, 7) is -1.16. The van der Waals surface area contributed by atoms with Crippen molar-refractivity contribution in [3.05, 3.63) is 41.2 Å². The summed E-state index contributed by atoms with van der Waals surface area (Å²) in [5, 5.41) is 0. The number of fused-ring (bicyclic) bond motifs is 1. The lowest BCUT2D eigenvalue weighted by molar-refractivity contribution is 0.0689. The molecule has 0 fully saturated rings. The molecule has 1 aliphatic rings. The number of halogens is 6. The largest absolute Gasteiger partial charge is 0.484 e. The Morgan fingerprint density at radius 2 is 1.90 bits per heavy atom. The first-order valence-corrected chi connectivity index (χ1v) is 9.97. The Bertz CT molecular complexity index is 993. The highest BCUT2D eigenvalue weighted by molar-refractivity contribution is 7.92. The summed E-state index contributed by atoms with van der Waals surface area (Å²) < 4.78 is 110. The van der Waals surface area contributed by atoms with Gasteiger partial charge in [-0.2, -0.15) is 0 Å². The van der Waals surface area contributed by atoms with E-state index in [1.807, 2.05) is 4.72 Å². The highest BCUT2D eigenvalue weighted by Gasteiger charge is 2.32. The Hall–Kier alpha value is -2.37. The van der Waals surface area contributed by atoms with Gasteiger partial charge < -0.3 is 9.72 Å². The van der Waals surface area contributed by atoms with E-state index in [0.29, 0.717) is 23.4 Å². The van der Waals surface area contributed by atoms with Crippen LogP contribution in [0.2, 0.25) is 0 Å². The van der Waals surface area contributed by atoms with Crippen molar-refractivity contribution >= 4 is 15.7 Å². The van der Waals surface area contributed by atoms with Crippen molar-refractivity contribution in [2.75, 3.05) is 11.3 Å². The second kappa shape index (κ2) is 8.17. The number of aromatic amines is 1. The molecule has 12 heteroatoms. The topological polar surface area (TPSA) is 71.2 Å². The maximum absolute atomic E-state index is 14.2. The molecule has 1 unspecified atom stereocenters. The minimum absolute atomic E-state index is 0.0261. The van der Waals surface area contributed by atoms with E-state index < -0.39 is 58.5 Å². The van der Waals surface area contributed by atoms with E-state index in [2.05, 4.69) is 9.72 Å². The van der Waals surface area contributed by atoms with Crippen molar-refractivity contribution in [2.24, 2.45) is 5.92 Å². The third kappa shape index (κ3) is 4.62. The molecule has 160 valence electrons. The summed E-state index contributed by atoms with van der Waals surface area (Å²) in [5.41, 5.74) is -0.0837. The lowest BCUT2D eigenvalue weighted by atomic mass is 9.88. The number of hydrogen-bond donors (Lipinski definition) is 2. The first-order valence-electron chi connectivity index (χ1n) is 8.48. The Balaban J connectivity index is 1.83. The van der Waals surface area contributed by atoms with Crippen LogP contribution < -0.4 is 9.46 Å². The molecule has 1 atom stereocenters. The number of hydrogen-bond acceptors (Lipinski definition) is 3. The predicted octanol–water partition coefficient (Wildman–Crippen LogP) is 4.11. The van der Waals surface area contributed by atoms with Gasteiger partial charge in [-0.05, 0) is 24.8 Å². The maximum atomic E-state index is 14.2. The van der Waals surface area contributed by atoms with Gasteiger partial charge in [0.05, 0.1) is 5.69 Å². The smallest absolute Gasteiger partial charge is 0.272 e. The van der Waals surface area contributed by atoms with Crippen LogP contribution in [0.4, 0.5) is 32.0 Å². The van der Waals surface area contributed by atoms with Crippen molar-refractivity contribution in [1.29, 1.82) is 0 Å². The van der Waals surface area contributed by atoms with Crippen molar-refractivity contribution in [2.45, 2.75) is 37.0 Å². The van der Waals surface area contributed by atoms with E-state index in [1.54, 1.807) is 0 Å². The predicted molar refractivity (Wildman–Crippen MR) is 91.0 cm³/mol. The molecule has 5 nitrogen and oxygen atoms in total. The molecule has 2 aromatic rings. The number of rotatable bonds is 7. The van der Waals surface area contributed by atoms with E-state index in [1.165, 1.54) is 0 Å². The van der Waals surface area contributed by atoms with Gasteiger partial charge in [0.25, 0.3) is 16.4 Å². The van der Waals surface area contributed by atoms with E-state index in [4.69, 9.17) is 0 Å². The van der Waals surface area contributed by atoms with E-state index in [-0.39, 0.29) is 24.2 Å². The zero-order valence-electron chi connectivity index (χ0n) is 14.7. The van der Waals surface area contributed by atoms with Crippen LogP contribution in [0.1, 0.15) is 17.7 Å². The first-order chi connectivity index (χ1) is 13.6. The van der Waals surface area contributed by atoms with E-state index >= 15 is 0 Å². The third-order valence-corrected chi connectivity index (χ3v) is 5.98. The monoisotopic (exact) mass is 442 g/mol. The summed E-state index contributed by atoms with van der Waals surface area (Å²) >= 11 is 0. The number of benzene rings is 1. The molecule has 0 spiro atoms. The van der Waals surface area contributed by atoms with Gasteiger partial charge in [0, 0.05) is 29.9 Å². The number of nitrogens with one attached hydrogen (secondary N) is 2. The van der Waals surface area contributed by atoms with Gasteiger partial charge in [0.2, 0.25) is 6.43 Å². The Morgan fingerprint density at radius 3 is 2.55 bits per heavy atom. The molecular formula is C17H16F6N2O3S. The third-order valence-electron chi connectivity index (χ3n) is 4.55. The van der Waals surface area contributed by atoms with Crippen molar-refractivity contribution in [1.82, 2.24) is 4.98 Å². The molecule has 2 N–H and O–H groups in total. The average Bonchev–Trinajstić information content (AvgIpc) is 3.07. The number of anilines is 1. The summed E-state index contributed by atoms with van der Waals surface area (Å²) in [6, 6.07) is 0.926. The molecule has 0 saturated carbocycles. The Labute approximate surface area is 162 Å². The summed E-state index contributed by atoms with van der Waals surface area (Å²) in [6.07, 6.45) is -4.18. The molecule has 29 heavy (non-hydrogen) atoms. The second-order valence-corrected chi connectivity index (χ2v) is 8.17. The van der Waals surface area contributed by atoms with Crippen LogP contribution >= 0.6 is 0 Å². The van der Waals surface area contributed by atoms with Crippen LogP contribution in [-0.2, 0) is 22.9 Å². The number of ether oxygens (including phenoxy) is 1. The van der Waals surface area contributed by atoms with Crippen molar-refractivity contribution < 1.29 is 39.5 Å². The molecule has 0 aliphatic heterocycles. The molecule has 1 aromatic carbocycles. The molecule has 0 amide bonds. The van der Waals surface area contributed by atoms with Gasteiger partial charge in [0.15, 0.2) is 17.4 Å². The van der Waals surface area contributed by atoms with Gasteiger partial charge in [-0.1, -0.05) is 0 Å². The normalized spacial score (nSPS) is 16.9. The van der Waals surface area contributed by atoms with Crippen LogP contribution in [0.15, 0.2) is 23.2 Å². The molecule has 1 heterocycles. The highest BCUT2D eigenvalue weighted by Crippen LogP contribution is 2.34. The van der Waals surface area contributed by atoms with Crippen LogP contribution in [-0.4, -0.2) is 32.9 Å². The molecular weight excluding hydrogens is 426 g/mol. The quantitative estimate of drug-likeness (QED) is 0.635. The molecule has 0 saturated heterocycles. The van der Waals surface area contributed by atoms with E-state index in [9.17, 15) is 34.8 Å². The van der Waals surface area contributed by atoms with Gasteiger partial charge in [0.1, 0.15) is 11.5 Å². The van der Waals surface area contributed by atoms with Crippen LogP contribution in [0.5, 0.6) is 5.75 Å². The molecule has 0 radical (unpaired) electrons. The average molecular weight is 442 g/mol. The Kier molecular flexibility index (Phi) is 6.01. The van der Waals surface area contributed by atoms with Gasteiger partial charge >= 0.3 is 0 Å². The van der Waals surface area contributed by atoms with E-state index in [0.717, 1.165) is 6.20 Å². The Morgan fingerprint density at radius 1 is 1.17 bits per heavy atom. The summed E-state index contributed by atoms with van der Waals surface area (Å²) in [4.78, 5) is 2.40. The zero-order valence-corrected chi connectivity index (χ0v) is 15.5. The molecule has 1 aromatic heterocycles. The summed E-state index contributed by atoms with van der Waals surface area (Å²) in [7, 11) is -4.36. The van der Waals surface area contributed by atoms with Crippen LogP contribution in [0, 0.1) is 17.6 Å². The van der Waals surface area contributed by atoms with Crippen LogP contribution in [0.3, 0.4) is 0 Å². The fourth-order valence-corrected chi connectivity index (χ4v) is 4.47. The number of H-pyrrole nitrogens is 1. The van der Waals surface area contributed by atoms with Gasteiger partial charge in [-0.3, -0.25) is 4.72 Å². The highest BCUT2D eigenvalue weighted by atomic mass is 32.2. The molecule has 0 bridgehead atoms. The maximum Gasteiger partial charge on any atom is 0.272 e. The minimum atomic E-state index is -4.36. The number of alkyl halides is 4. The SMILES string of the molecule is O=S(=O)(Nc1cc(F)c(OCC(F)F)cc1F)c1c[nH]c2c1CCC(C(F)F)C2. The zero-order chi connectivity index (χ0) is 21.3. The lowest BCUT2D eigenvalue weighted by Crippen LogP contribution is -2.22. The summed E-state index contributed by atoms with van der Waals surface area (Å²) in [5.74, 6) is -4.15. The van der Waals surface area contributed by atoms with Crippen molar-refractivity contribution in [3.63, 3.8) is 0 Å². The molecule has 1 aliphatic carbocycles. The second-order valence-electron chi connectivity index (χ2n) is 6.52. The molecule has 3 rings (SSSR count). The first kappa shape index (κ1) is 21.3. The standard InChI is InChI=1S/C17H16F6N2O3S/c18-10-5-14(28-7-16(20)21)11(19)4-13(10)25-29(26,27)15-6-24-12-3-8(17(22)23)1-2-9(12)15/h4-6,8,16-17,24-25H,1-3,7H2. The van der Waals surface area contributed by atoms with Crippen LogP contribution in [0.25, 0.3) is 0 Å².